The van der Waals surface area contributed by atoms with Gasteiger partial charge in [-0.1, -0.05) is 6.42 Å². The topological polar surface area (TPSA) is 52.3 Å². The Labute approximate surface area is 98.7 Å². The van der Waals surface area contributed by atoms with Gasteiger partial charge in [0.15, 0.2) is 0 Å². The molecule has 16 heavy (non-hydrogen) atoms. The first-order valence-electron chi connectivity index (χ1n) is 6.66. The fourth-order valence-electron chi connectivity index (χ4n) is 2.17. The minimum Gasteiger partial charge on any atom is -0.378 e. The van der Waals surface area contributed by atoms with Crippen LogP contribution in [-0.2, 0) is 9.53 Å². The van der Waals surface area contributed by atoms with Gasteiger partial charge < -0.3 is 10.5 Å². The average Bonchev–Trinajstić information content (AvgIpc) is 2.77. The highest BCUT2D eigenvalue weighted by atomic mass is 16.5. The number of ketones is 1. The maximum Gasteiger partial charge on any atom is 0.132 e. The predicted octanol–water partition coefficient (Wildman–Crippen LogP) is 2.42. The van der Waals surface area contributed by atoms with Gasteiger partial charge in [-0.2, -0.15) is 0 Å². The van der Waals surface area contributed by atoms with E-state index in [2.05, 4.69) is 0 Å². The van der Waals surface area contributed by atoms with Gasteiger partial charge in [0.1, 0.15) is 5.78 Å². The van der Waals surface area contributed by atoms with Crippen molar-refractivity contribution in [1.29, 1.82) is 0 Å². The molecule has 0 radical (unpaired) electrons. The number of carbonyl (C=O) groups is 1. The molecule has 1 rings (SSSR count). The lowest BCUT2D eigenvalue weighted by molar-refractivity contribution is -0.119. The van der Waals surface area contributed by atoms with E-state index in [0.29, 0.717) is 11.9 Å². The van der Waals surface area contributed by atoms with Crippen molar-refractivity contribution in [3.8, 4) is 0 Å². The molecule has 1 atom stereocenters. The molecule has 0 saturated carbocycles. The van der Waals surface area contributed by atoms with Crippen molar-refractivity contribution in [2.45, 2.75) is 63.9 Å². The Balaban J connectivity index is 1.89. The molecule has 1 aliphatic heterocycles. The Morgan fingerprint density at radius 1 is 1.19 bits per heavy atom. The maximum atomic E-state index is 11.5. The van der Waals surface area contributed by atoms with Crippen LogP contribution in [-0.4, -0.2) is 25.0 Å². The zero-order valence-electron chi connectivity index (χ0n) is 10.2. The fraction of sp³-hybridized carbons (Fsp3) is 0.923. The summed E-state index contributed by atoms with van der Waals surface area (Å²) in [5.74, 6) is 0.412. The highest BCUT2D eigenvalue weighted by Gasteiger charge is 2.15. The number of unbranched alkanes of at least 4 members (excludes halogenated alkanes) is 2. The Kier molecular flexibility index (Phi) is 7.43. The second-order valence-electron chi connectivity index (χ2n) is 4.67. The van der Waals surface area contributed by atoms with E-state index in [1.165, 1.54) is 12.8 Å². The van der Waals surface area contributed by atoms with Crippen LogP contribution in [0.15, 0.2) is 0 Å². The summed E-state index contributed by atoms with van der Waals surface area (Å²) in [5.41, 5.74) is 5.40. The second kappa shape index (κ2) is 8.71. The molecule has 1 unspecified atom stereocenters. The monoisotopic (exact) mass is 227 g/mol. The van der Waals surface area contributed by atoms with Crippen LogP contribution in [0.2, 0.25) is 0 Å². The minimum absolute atomic E-state index is 0.412. The van der Waals surface area contributed by atoms with E-state index in [9.17, 15) is 4.79 Å². The molecule has 3 heteroatoms. The number of nitrogens with two attached hydrogens (primary N) is 1. The molecule has 0 bridgehead atoms. The van der Waals surface area contributed by atoms with Gasteiger partial charge in [0, 0.05) is 19.4 Å². The minimum atomic E-state index is 0.412. The van der Waals surface area contributed by atoms with Crippen molar-refractivity contribution < 1.29 is 9.53 Å². The Morgan fingerprint density at radius 3 is 2.69 bits per heavy atom. The Bertz CT molecular complexity index is 188. The highest BCUT2D eigenvalue weighted by molar-refractivity contribution is 5.78. The normalized spacial score (nSPS) is 20.2. The van der Waals surface area contributed by atoms with Gasteiger partial charge in [0.25, 0.3) is 0 Å². The van der Waals surface area contributed by atoms with E-state index in [-0.39, 0.29) is 0 Å². The van der Waals surface area contributed by atoms with Crippen LogP contribution >= 0.6 is 0 Å². The molecule has 1 saturated heterocycles. The molecular formula is C13H25NO2. The van der Waals surface area contributed by atoms with Gasteiger partial charge in [-0.3, -0.25) is 4.79 Å². The van der Waals surface area contributed by atoms with Crippen molar-refractivity contribution in [2.75, 3.05) is 13.2 Å². The van der Waals surface area contributed by atoms with Crippen molar-refractivity contribution in [2.24, 2.45) is 5.73 Å². The first-order valence-corrected chi connectivity index (χ1v) is 6.66. The molecule has 0 aromatic carbocycles. The lowest BCUT2D eigenvalue weighted by Crippen LogP contribution is -2.06. The molecule has 0 aromatic rings. The standard InChI is InChI=1S/C13H25NO2/c14-10-3-1-2-6-12(15)7-4-8-13-9-5-11-16-13/h13H,1-11,14H2. The summed E-state index contributed by atoms with van der Waals surface area (Å²) in [6, 6.07) is 0. The first-order chi connectivity index (χ1) is 7.83. The SMILES string of the molecule is NCCCCCC(=O)CCCC1CCCO1. The molecule has 94 valence electrons. The number of hydrogen-bond donors (Lipinski definition) is 1. The molecule has 2 N–H and O–H groups in total. The van der Waals surface area contributed by atoms with Gasteiger partial charge in [-0.25, -0.2) is 0 Å². The van der Waals surface area contributed by atoms with Gasteiger partial charge in [-0.05, 0) is 45.1 Å². The van der Waals surface area contributed by atoms with Crippen molar-refractivity contribution in [1.82, 2.24) is 0 Å². The number of rotatable bonds is 9. The molecule has 3 nitrogen and oxygen atoms in total. The summed E-state index contributed by atoms with van der Waals surface area (Å²) in [7, 11) is 0. The van der Waals surface area contributed by atoms with Crippen LogP contribution in [0.5, 0.6) is 0 Å². The lowest BCUT2D eigenvalue weighted by atomic mass is 10.0. The van der Waals surface area contributed by atoms with Crippen LogP contribution < -0.4 is 5.73 Å². The van der Waals surface area contributed by atoms with Crippen LogP contribution in [0.3, 0.4) is 0 Å². The van der Waals surface area contributed by atoms with Gasteiger partial charge in [-0.15, -0.1) is 0 Å². The summed E-state index contributed by atoms with van der Waals surface area (Å²) >= 11 is 0. The predicted molar refractivity (Wildman–Crippen MR) is 65.4 cm³/mol. The van der Waals surface area contributed by atoms with E-state index >= 15 is 0 Å². The zero-order valence-corrected chi connectivity index (χ0v) is 10.2. The third kappa shape index (κ3) is 6.23. The van der Waals surface area contributed by atoms with E-state index in [1.54, 1.807) is 0 Å². The van der Waals surface area contributed by atoms with Crippen molar-refractivity contribution >= 4 is 5.78 Å². The number of hydrogen-bond acceptors (Lipinski definition) is 3. The van der Waals surface area contributed by atoms with Gasteiger partial charge in [0.05, 0.1) is 6.10 Å². The summed E-state index contributed by atoms with van der Waals surface area (Å²) in [6.07, 6.45) is 9.50. The van der Waals surface area contributed by atoms with Crippen LogP contribution in [0.4, 0.5) is 0 Å². The average molecular weight is 227 g/mol. The second-order valence-corrected chi connectivity index (χ2v) is 4.67. The summed E-state index contributed by atoms with van der Waals surface area (Å²) in [5, 5.41) is 0. The Morgan fingerprint density at radius 2 is 2.00 bits per heavy atom. The molecule has 1 aliphatic rings. The largest absolute Gasteiger partial charge is 0.378 e. The smallest absolute Gasteiger partial charge is 0.132 e. The third-order valence-electron chi connectivity index (χ3n) is 3.17. The molecule has 1 fully saturated rings. The number of carbonyl (C=O) groups excluding carboxylic acids is 1. The van der Waals surface area contributed by atoms with Crippen LogP contribution in [0.1, 0.15) is 57.8 Å². The quantitative estimate of drug-likeness (QED) is 0.615. The van der Waals surface area contributed by atoms with E-state index < -0.39 is 0 Å². The van der Waals surface area contributed by atoms with Gasteiger partial charge in [0.2, 0.25) is 0 Å². The Hall–Kier alpha value is -0.410. The molecule has 0 amide bonds. The fourth-order valence-corrected chi connectivity index (χ4v) is 2.17. The molecular weight excluding hydrogens is 202 g/mol. The maximum absolute atomic E-state index is 11.5. The summed E-state index contributed by atoms with van der Waals surface area (Å²) in [6.45, 7) is 1.66. The van der Waals surface area contributed by atoms with E-state index in [1.807, 2.05) is 0 Å². The van der Waals surface area contributed by atoms with Crippen molar-refractivity contribution in [3.05, 3.63) is 0 Å². The first kappa shape index (κ1) is 13.7. The molecule has 1 heterocycles. The third-order valence-corrected chi connectivity index (χ3v) is 3.17. The summed E-state index contributed by atoms with van der Waals surface area (Å²) in [4.78, 5) is 11.5. The van der Waals surface area contributed by atoms with Crippen molar-refractivity contribution in [3.63, 3.8) is 0 Å². The van der Waals surface area contributed by atoms with Crippen LogP contribution in [0, 0.1) is 0 Å². The number of Topliss-reactive ketones (excluding diaryl/α,β-unsaturated/α-hetero) is 1. The zero-order chi connectivity index (χ0) is 11.6. The van der Waals surface area contributed by atoms with E-state index in [0.717, 1.165) is 58.1 Å². The van der Waals surface area contributed by atoms with Gasteiger partial charge >= 0.3 is 0 Å². The van der Waals surface area contributed by atoms with Crippen LogP contribution in [0.25, 0.3) is 0 Å². The van der Waals surface area contributed by atoms with E-state index in [4.69, 9.17) is 10.5 Å². The highest BCUT2D eigenvalue weighted by Crippen LogP contribution is 2.18. The molecule has 0 aliphatic carbocycles. The summed E-state index contributed by atoms with van der Waals surface area (Å²) < 4.78 is 5.52. The number of ether oxygens (including phenoxy) is 1. The molecule has 0 aromatic heterocycles. The molecule has 0 spiro atoms. The lowest BCUT2D eigenvalue weighted by Gasteiger charge is -2.07.